The molecule has 0 aliphatic carbocycles. The number of aromatic hydroxyl groups is 8. The van der Waals surface area contributed by atoms with E-state index < -0.39 is 0 Å². The van der Waals surface area contributed by atoms with Crippen molar-refractivity contribution in [3.05, 3.63) is 436 Å². The van der Waals surface area contributed by atoms with Crippen molar-refractivity contribution in [3.63, 3.8) is 0 Å². The normalized spacial score (nSPS) is 10.5. The van der Waals surface area contributed by atoms with Crippen molar-refractivity contribution in [3.8, 4) is 46.0 Å². The van der Waals surface area contributed by atoms with Crippen LogP contribution >= 0.6 is 0 Å². The molecule has 14 aromatic rings. The Bertz CT molecular complexity index is 6110. The lowest BCUT2D eigenvalue weighted by Gasteiger charge is -2.10. The number of nitrogens with one attached hydrogen (secondary N) is 2. The van der Waals surface area contributed by atoms with E-state index >= 15 is 0 Å². The number of phenols is 8. The van der Waals surface area contributed by atoms with E-state index in [0.717, 1.165) is 66.8 Å². The molecule has 0 unspecified atom stereocenters. The highest BCUT2D eigenvalue weighted by atomic mass is 16.3. The zero-order valence-corrected chi connectivity index (χ0v) is 72.5. The minimum Gasteiger partial charge on any atom is -0.508 e. The summed E-state index contributed by atoms with van der Waals surface area (Å²) >= 11 is 0. The number of amides is 2. The van der Waals surface area contributed by atoms with Crippen molar-refractivity contribution in [1.29, 1.82) is 0 Å². The number of anilines is 2. The summed E-state index contributed by atoms with van der Waals surface area (Å²) in [5.41, 5.74) is 20.5. The molecule has 0 saturated heterocycles. The predicted molar refractivity (Wildman–Crippen MR) is 498 cm³/mol. The van der Waals surface area contributed by atoms with Gasteiger partial charge < -0.3 is 51.5 Å². The van der Waals surface area contributed by atoms with Crippen LogP contribution in [0.2, 0.25) is 0 Å². The number of carbonyl (C=O) groups excluding carboxylic acids is 8. The predicted octanol–water partition coefficient (Wildman–Crippen LogP) is 21.8. The molecule has 0 aliphatic rings. The van der Waals surface area contributed by atoms with Crippen LogP contribution in [0.1, 0.15) is 183 Å². The number of benzene rings is 14. The van der Waals surface area contributed by atoms with Gasteiger partial charge in [0.1, 0.15) is 46.0 Å². The fourth-order valence-electron chi connectivity index (χ4n) is 13.3. The van der Waals surface area contributed by atoms with Crippen molar-refractivity contribution >= 4 is 57.9 Å². The first-order valence-electron chi connectivity index (χ1n) is 41.2. The summed E-state index contributed by atoms with van der Waals surface area (Å²) in [5.74, 6) is -1.07. The molecule has 18 heteroatoms. The number of carbonyl (C=O) groups is 8. The molecule has 644 valence electrons. The SMILES string of the molecule is Cc1ccc(C(=O)Cc2cc(CC(=O)c3ccc(C)cc3)c(O)cc2O)cc1.Cc1ccc(C(=O)Cc2cc(Cc3ccc(O)c(CC(=O)c4ccc(C)cc4)c3)ccc2O)cc1.Cc1ccc(C(=O)Cc2ccc(O)c(CC(=O)c3ccc(C)cc3)c2)cc1.Cc1ccc(C(=O)Nc2cc(C)ccc2O)cc1.Cc1ccc(C(=O)Nc2cc(O)c(C)cc2O)cc1. The molecule has 0 atom stereocenters. The maximum atomic E-state index is 12.7. The molecular formula is C109H102N2O16. The van der Waals surface area contributed by atoms with E-state index in [1.54, 1.807) is 140 Å². The van der Waals surface area contributed by atoms with Gasteiger partial charge >= 0.3 is 0 Å². The average Bonchev–Trinajstić information content (AvgIpc) is 0.796. The first-order valence-corrected chi connectivity index (χ1v) is 41.2. The summed E-state index contributed by atoms with van der Waals surface area (Å²) in [7, 11) is 0. The third-order valence-electron chi connectivity index (χ3n) is 21.1. The van der Waals surface area contributed by atoms with E-state index in [0.29, 0.717) is 90.0 Å². The summed E-state index contributed by atoms with van der Waals surface area (Å²) < 4.78 is 0. The van der Waals surface area contributed by atoms with E-state index in [-0.39, 0.29) is 137 Å². The molecule has 0 aliphatic heterocycles. The Morgan fingerprint density at radius 2 is 0.433 bits per heavy atom. The number of phenolic OH excluding ortho intramolecular Hbond substituents is 8. The van der Waals surface area contributed by atoms with E-state index in [1.807, 2.05) is 196 Å². The minimum atomic E-state index is -0.335. The molecule has 0 saturated carbocycles. The molecule has 0 heterocycles. The monoisotopic (exact) mass is 1690 g/mol. The van der Waals surface area contributed by atoms with Gasteiger partial charge in [0.05, 0.1) is 11.4 Å². The van der Waals surface area contributed by atoms with Crippen LogP contribution in [0, 0.1) is 69.2 Å². The van der Waals surface area contributed by atoms with E-state index in [2.05, 4.69) is 10.6 Å². The smallest absolute Gasteiger partial charge is 0.255 e. The van der Waals surface area contributed by atoms with Crippen molar-refractivity contribution in [2.45, 2.75) is 114 Å². The van der Waals surface area contributed by atoms with Crippen molar-refractivity contribution in [2.24, 2.45) is 0 Å². The molecule has 0 bridgehead atoms. The molecule has 0 spiro atoms. The molecule has 14 aromatic carbocycles. The number of ketones is 6. The van der Waals surface area contributed by atoms with Crippen LogP contribution < -0.4 is 10.6 Å². The van der Waals surface area contributed by atoms with Crippen LogP contribution in [0.25, 0.3) is 0 Å². The second-order valence-corrected chi connectivity index (χ2v) is 31.8. The summed E-state index contributed by atoms with van der Waals surface area (Å²) in [4.78, 5) is 99.3. The van der Waals surface area contributed by atoms with Crippen LogP contribution in [0.4, 0.5) is 11.4 Å². The fraction of sp³-hybridized carbons (Fsp3) is 0.156. The third kappa shape index (κ3) is 27.7. The maximum Gasteiger partial charge on any atom is 0.255 e. The second-order valence-electron chi connectivity index (χ2n) is 31.8. The van der Waals surface area contributed by atoms with Crippen molar-refractivity contribution in [1.82, 2.24) is 0 Å². The molecule has 127 heavy (non-hydrogen) atoms. The number of rotatable bonds is 24. The third-order valence-corrected chi connectivity index (χ3v) is 21.1. The standard InChI is InChI=1S/C31H28O4.C24H22O4.C24H22O3.C15H15NO3.C15H15NO2/c1-20-3-9-24(10-4-20)30(34)18-26-16-22(7-13-28(26)32)15-23-8-14-29(33)27(17-23)19-31(35)25-11-5-21(2)6-12-25;1-15-3-7-17(8-4-15)21(25)12-19-11-20(24(28)14-23(19)27)13-22(26)18-9-5-16(2)6-10-18;1-16-3-8-19(9-4-16)23(26)14-18-7-12-22(25)21(13-18)15-24(27)20-10-5-17(2)6-11-20;1-9-3-5-11(6-4-9)15(19)16-12-8-13(17)10(2)7-14(12)18;1-10-3-6-12(7-4-10)15(18)16-13-9-11(2)5-8-14(13)17/h3-14,16-17,32-33H,15,18-19H2,1-2H3;3-11,14,27-28H,12-13H2,1-2H3;3-13,25H,14-15H2,1-2H3;3-8,17-18H,1-2H3,(H,16,19);3-9,17H,1-2H3,(H,16,18). The lowest BCUT2D eigenvalue weighted by Crippen LogP contribution is -2.11. The average molecular weight is 1700 g/mol. The van der Waals surface area contributed by atoms with E-state index in [4.69, 9.17) is 0 Å². The van der Waals surface area contributed by atoms with Crippen molar-refractivity contribution < 1.29 is 79.2 Å². The van der Waals surface area contributed by atoms with Crippen LogP contribution in [0.3, 0.4) is 0 Å². The van der Waals surface area contributed by atoms with Gasteiger partial charge in [-0.05, 0) is 170 Å². The maximum absolute atomic E-state index is 12.7. The number of hydrogen-bond donors (Lipinski definition) is 10. The molecule has 10 N–H and O–H groups in total. The van der Waals surface area contributed by atoms with Gasteiger partial charge in [-0.2, -0.15) is 0 Å². The van der Waals surface area contributed by atoms with Crippen LogP contribution in [0.5, 0.6) is 46.0 Å². The van der Waals surface area contributed by atoms with Gasteiger partial charge in [-0.3, -0.25) is 38.4 Å². The first kappa shape index (κ1) is 93.7. The molecular weight excluding hydrogens is 1590 g/mol. The van der Waals surface area contributed by atoms with Gasteiger partial charge in [-0.1, -0.05) is 257 Å². The highest BCUT2D eigenvalue weighted by Gasteiger charge is 2.21. The van der Waals surface area contributed by atoms with Gasteiger partial charge in [0.2, 0.25) is 0 Å². The molecule has 2 amide bonds. The lowest BCUT2D eigenvalue weighted by molar-refractivity contribution is 0.0982. The molecule has 14 rings (SSSR count). The zero-order chi connectivity index (χ0) is 91.7. The Balaban J connectivity index is 0.000000169. The van der Waals surface area contributed by atoms with Crippen molar-refractivity contribution in [2.75, 3.05) is 10.6 Å². The largest absolute Gasteiger partial charge is 0.508 e. The van der Waals surface area contributed by atoms with Crippen LogP contribution in [-0.2, 0) is 44.9 Å². The molecule has 18 nitrogen and oxygen atoms in total. The highest BCUT2D eigenvalue weighted by Crippen LogP contribution is 2.34. The van der Waals surface area contributed by atoms with Gasteiger partial charge in [0.25, 0.3) is 11.8 Å². The Hall–Kier alpha value is -15.6. The summed E-state index contributed by atoms with van der Waals surface area (Å²) in [6, 6.07) is 84.5. The van der Waals surface area contributed by atoms with Gasteiger partial charge in [-0.25, -0.2) is 0 Å². The lowest BCUT2D eigenvalue weighted by atomic mass is 9.95. The number of hydrogen-bond acceptors (Lipinski definition) is 16. The Labute approximate surface area is 739 Å². The Morgan fingerprint density at radius 1 is 0.197 bits per heavy atom. The second kappa shape index (κ2) is 44.0. The molecule has 0 radical (unpaired) electrons. The molecule has 0 fully saturated rings. The summed E-state index contributed by atoms with van der Waals surface area (Å²) in [6.07, 6.45) is 1.06. The number of aryl methyl sites for hydroxylation is 10. The summed E-state index contributed by atoms with van der Waals surface area (Å²) in [5, 5.41) is 85.3. The Kier molecular flexibility index (Phi) is 32.4. The van der Waals surface area contributed by atoms with Gasteiger partial charge in [-0.15, -0.1) is 0 Å². The number of Topliss-reactive ketones (excluding diaryl/α,β-unsaturated/α-hetero) is 6. The highest BCUT2D eigenvalue weighted by molar-refractivity contribution is 6.07. The quantitative estimate of drug-likeness (QED) is 0.0153. The van der Waals surface area contributed by atoms with E-state index in [9.17, 15) is 79.2 Å². The minimum absolute atomic E-state index is 0.0106. The molecule has 0 aromatic heterocycles. The topological polar surface area (TPSA) is 322 Å². The van der Waals surface area contributed by atoms with Gasteiger partial charge in [0.15, 0.2) is 34.7 Å². The summed E-state index contributed by atoms with van der Waals surface area (Å²) in [6.45, 7) is 19.2. The Morgan fingerprint density at radius 3 is 0.732 bits per heavy atom. The fourth-order valence-corrected chi connectivity index (χ4v) is 13.3. The van der Waals surface area contributed by atoms with Crippen LogP contribution in [-0.4, -0.2) is 87.4 Å². The van der Waals surface area contributed by atoms with Gasteiger partial charge in [0, 0.05) is 123 Å². The first-order chi connectivity index (χ1) is 60.6. The zero-order valence-electron chi connectivity index (χ0n) is 72.5. The van der Waals surface area contributed by atoms with E-state index in [1.165, 1.54) is 24.3 Å². The van der Waals surface area contributed by atoms with Crippen LogP contribution in [0.15, 0.2) is 291 Å².